The van der Waals surface area contributed by atoms with Crippen molar-refractivity contribution >= 4 is 44.0 Å². The van der Waals surface area contributed by atoms with E-state index in [2.05, 4.69) is 5.32 Å². The molecule has 0 aliphatic carbocycles. The number of carbonyl (C=O) groups is 3. The molecule has 1 aromatic heterocycles. The first-order valence-electron chi connectivity index (χ1n) is 9.28. The fourth-order valence-electron chi connectivity index (χ4n) is 2.64. The van der Waals surface area contributed by atoms with E-state index in [0.29, 0.717) is 5.75 Å². The smallest absolute Gasteiger partial charge is 0.348 e. The van der Waals surface area contributed by atoms with Crippen molar-refractivity contribution in [3.05, 3.63) is 40.3 Å². The van der Waals surface area contributed by atoms with Crippen molar-refractivity contribution in [3.63, 3.8) is 0 Å². The molecule has 0 unspecified atom stereocenters. The number of ether oxygens (including phenoxy) is 3. The summed E-state index contributed by atoms with van der Waals surface area (Å²) in [5.74, 6) is -2.63. The fraction of sp³-hybridized carbons (Fsp3) is 0.350. The van der Waals surface area contributed by atoms with E-state index in [1.54, 1.807) is 13.8 Å². The number of rotatable bonds is 9. The van der Waals surface area contributed by atoms with Crippen molar-refractivity contribution < 1.29 is 37.0 Å². The van der Waals surface area contributed by atoms with E-state index in [-0.39, 0.29) is 39.1 Å². The molecule has 168 valence electrons. The van der Waals surface area contributed by atoms with Gasteiger partial charge in [0.2, 0.25) is 5.91 Å². The third-order valence-corrected chi connectivity index (χ3v) is 6.90. The van der Waals surface area contributed by atoms with Crippen LogP contribution < -0.4 is 10.1 Å². The summed E-state index contributed by atoms with van der Waals surface area (Å²) in [6.07, 6.45) is 0. The van der Waals surface area contributed by atoms with Gasteiger partial charge in [-0.1, -0.05) is 0 Å². The van der Waals surface area contributed by atoms with E-state index in [4.69, 9.17) is 14.2 Å². The van der Waals surface area contributed by atoms with Crippen molar-refractivity contribution in [1.29, 1.82) is 0 Å². The van der Waals surface area contributed by atoms with Gasteiger partial charge < -0.3 is 19.5 Å². The molecule has 1 aromatic carbocycles. The molecule has 1 heterocycles. The van der Waals surface area contributed by atoms with E-state index in [1.807, 2.05) is 0 Å². The molecule has 0 fully saturated rings. The molecule has 0 saturated carbocycles. The van der Waals surface area contributed by atoms with Crippen molar-refractivity contribution in [2.75, 3.05) is 31.4 Å². The van der Waals surface area contributed by atoms with E-state index >= 15 is 0 Å². The first-order chi connectivity index (χ1) is 14.6. The zero-order chi connectivity index (χ0) is 23.2. The first kappa shape index (κ1) is 24.4. The highest BCUT2D eigenvalue weighted by Crippen LogP contribution is 2.34. The van der Waals surface area contributed by atoms with Gasteiger partial charge in [0.15, 0.2) is 9.84 Å². The second-order valence-electron chi connectivity index (χ2n) is 6.18. The van der Waals surface area contributed by atoms with Crippen LogP contribution in [0.3, 0.4) is 0 Å². The molecule has 11 heteroatoms. The lowest BCUT2D eigenvalue weighted by atomic mass is 10.1. The zero-order valence-electron chi connectivity index (χ0n) is 17.5. The Hall–Kier alpha value is -2.92. The minimum atomic E-state index is -3.95. The summed E-state index contributed by atoms with van der Waals surface area (Å²) in [6, 6.07) is 5.61. The van der Waals surface area contributed by atoms with Gasteiger partial charge in [-0.2, -0.15) is 0 Å². The first-order valence-corrected chi connectivity index (χ1v) is 11.8. The molecule has 0 atom stereocenters. The highest BCUT2D eigenvalue weighted by Gasteiger charge is 2.28. The van der Waals surface area contributed by atoms with Gasteiger partial charge in [0, 0.05) is 0 Å². The lowest BCUT2D eigenvalue weighted by Crippen LogP contribution is -2.23. The predicted octanol–water partition coefficient (Wildman–Crippen LogP) is 2.83. The Kier molecular flexibility index (Phi) is 8.17. The van der Waals surface area contributed by atoms with E-state index in [9.17, 15) is 22.8 Å². The minimum Gasteiger partial charge on any atom is -0.497 e. The van der Waals surface area contributed by atoms with Gasteiger partial charge in [0.05, 0.1) is 30.8 Å². The highest BCUT2D eigenvalue weighted by atomic mass is 32.2. The van der Waals surface area contributed by atoms with Gasteiger partial charge >= 0.3 is 11.9 Å². The maximum absolute atomic E-state index is 12.6. The minimum absolute atomic E-state index is 0.00917. The van der Waals surface area contributed by atoms with Gasteiger partial charge in [0.25, 0.3) is 0 Å². The van der Waals surface area contributed by atoms with Crippen molar-refractivity contribution in [1.82, 2.24) is 0 Å². The molecule has 2 rings (SSSR count). The number of nitrogens with one attached hydrogen (secondary N) is 1. The van der Waals surface area contributed by atoms with Crippen LogP contribution in [0.4, 0.5) is 5.00 Å². The average Bonchev–Trinajstić information content (AvgIpc) is 3.03. The molecule has 0 bridgehead atoms. The van der Waals surface area contributed by atoms with E-state index in [0.717, 1.165) is 11.3 Å². The molecular formula is C20H23NO8S2. The number of amides is 1. The summed E-state index contributed by atoms with van der Waals surface area (Å²) in [4.78, 5) is 37.1. The molecule has 0 saturated heterocycles. The lowest BCUT2D eigenvalue weighted by Gasteiger charge is -2.08. The Bertz CT molecular complexity index is 1070. The van der Waals surface area contributed by atoms with Crippen LogP contribution in [0.5, 0.6) is 5.75 Å². The van der Waals surface area contributed by atoms with Crippen LogP contribution in [0.15, 0.2) is 29.2 Å². The maximum atomic E-state index is 12.6. The normalized spacial score (nSPS) is 11.0. The largest absolute Gasteiger partial charge is 0.497 e. The number of benzene rings is 1. The predicted molar refractivity (Wildman–Crippen MR) is 115 cm³/mol. The topological polar surface area (TPSA) is 125 Å². The summed E-state index contributed by atoms with van der Waals surface area (Å²) < 4.78 is 40.1. The summed E-state index contributed by atoms with van der Waals surface area (Å²) in [6.45, 7) is 5.00. The number of esters is 2. The Morgan fingerprint density at radius 2 is 1.58 bits per heavy atom. The Morgan fingerprint density at radius 3 is 2.13 bits per heavy atom. The lowest BCUT2D eigenvalue weighted by molar-refractivity contribution is -0.113. The summed E-state index contributed by atoms with van der Waals surface area (Å²) in [7, 11) is -2.50. The van der Waals surface area contributed by atoms with Crippen LogP contribution in [0, 0.1) is 6.92 Å². The maximum Gasteiger partial charge on any atom is 0.348 e. The number of thiophene rings is 1. The number of hydrogen-bond donors (Lipinski definition) is 1. The number of anilines is 1. The van der Waals surface area contributed by atoms with E-state index in [1.165, 1.54) is 38.3 Å². The number of hydrogen-bond acceptors (Lipinski definition) is 9. The second-order valence-corrected chi connectivity index (χ2v) is 9.19. The van der Waals surface area contributed by atoms with Gasteiger partial charge in [-0.3, -0.25) is 4.79 Å². The van der Waals surface area contributed by atoms with Crippen LogP contribution in [0.1, 0.15) is 39.4 Å². The summed E-state index contributed by atoms with van der Waals surface area (Å²) >= 11 is 0.825. The molecule has 2 aromatic rings. The van der Waals surface area contributed by atoms with Gasteiger partial charge in [-0.25, -0.2) is 18.0 Å². The van der Waals surface area contributed by atoms with Crippen LogP contribution in [0.2, 0.25) is 0 Å². The summed E-state index contributed by atoms with van der Waals surface area (Å²) in [5, 5.41) is 2.45. The van der Waals surface area contributed by atoms with Crippen molar-refractivity contribution in [2.24, 2.45) is 0 Å². The fourth-order valence-corrected chi connectivity index (χ4v) is 4.88. The molecule has 0 aliphatic heterocycles. The molecule has 0 aliphatic rings. The third-order valence-electron chi connectivity index (χ3n) is 4.08. The third kappa shape index (κ3) is 5.82. The summed E-state index contributed by atoms with van der Waals surface area (Å²) in [5.41, 5.74) is 0.278. The van der Waals surface area contributed by atoms with Crippen molar-refractivity contribution in [3.8, 4) is 5.75 Å². The Balaban J connectivity index is 2.30. The SMILES string of the molecule is CCOC(=O)c1sc(NC(=O)CS(=O)(=O)c2ccc(OC)cc2)c(C(=O)OCC)c1C. The zero-order valence-corrected chi connectivity index (χ0v) is 19.1. The van der Waals surface area contributed by atoms with Crippen LogP contribution in [-0.2, 0) is 24.1 Å². The van der Waals surface area contributed by atoms with Crippen LogP contribution in [0.25, 0.3) is 0 Å². The Morgan fingerprint density at radius 1 is 1.00 bits per heavy atom. The van der Waals surface area contributed by atoms with Crippen molar-refractivity contribution in [2.45, 2.75) is 25.7 Å². The molecule has 0 radical (unpaired) electrons. The monoisotopic (exact) mass is 469 g/mol. The standard InChI is InChI=1S/C20H23NO8S2/c1-5-28-19(23)16-12(3)17(20(24)29-6-2)30-18(16)21-15(22)11-31(25,26)14-9-7-13(27-4)8-10-14/h7-10H,5-6,11H2,1-4H3,(H,21,22). The molecular weight excluding hydrogens is 446 g/mol. The van der Waals surface area contributed by atoms with Crippen LogP contribution in [-0.4, -0.2) is 52.3 Å². The number of carbonyl (C=O) groups excluding carboxylic acids is 3. The number of methoxy groups -OCH3 is 1. The van der Waals surface area contributed by atoms with Gasteiger partial charge in [-0.15, -0.1) is 11.3 Å². The molecule has 0 spiro atoms. The molecule has 1 N–H and O–H groups in total. The Labute approximate surface area is 184 Å². The van der Waals surface area contributed by atoms with Crippen LogP contribution >= 0.6 is 11.3 Å². The average molecular weight is 470 g/mol. The molecule has 9 nitrogen and oxygen atoms in total. The highest BCUT2D eigenvalue weighted by molar-refractivity contribution is 7.92. The van der Waals surface area contributed by atoms with Gasteiger partial charge in [0.1, 0.15) is 21.4 Å². The van der Waals surface area contributed by atoms with Gasteiger partial charge in [-0.05, 0) is 50.6 Å². The number of sulfone groups is 1. The molecule has 1 amide bonds. The van der Waals surface area contributed by atoms with E-state index < -0.39 is 33.4 Å². The second kappa shape index (κ2) is 10.4. The molecule has 31 heavy (non-hydrogen) atoms. The quantitative estimate of drug-likeness (QED) is 0.556.